The van der Waals surface area contributed by atoms with Crippen LogP contribution in [0.1, 0.15) is 32.3 Å². The Balaban J connectivity index is 0.000000438. The lowest BCUT2D eigenvalue weighted by Gasteiger charge is -2.08. The Morgan fingerprint density at radius 2 is 1.96 bits per heavy atom. The first-order valence-corrected chi connectivity index (χ1v) is 9.02. The van der Waals surface area contributed by atoms with Crippen LogP contribution in [0.4, 0.5) is 0 Å². The van der Waals surface area contributed by atoms with Crippen LogP contribution in [0.15, 0.2) is 30.3 Å². The van der Waals surface area contributed by atoms with Crippen LogP contribution in [0.25, 0.3) is 0 Å². The van der Waals surface area contributed by atoms with E-state index in [-0.39, 0.29) is 6.10 Å². The number of carbonyl (C=O) groups is 1. The van der Waals surface area contributed by atoms with E-state index in [4.69, 9.17) is 15.6 Å². The molecule has 0 aliphatic heterocycles. The van der Waals surface area contributed by atoms with Crippen molar-refractivity contribution in [3.8, 4) is 0 Å². The van der Waals surface area contributed by atoms with Crippen molar-refractivity contribution in [3.05, 3.63) is 35.9 Å². The van der Waals surface area contributed by atoms with Gasteiger partial charge in [0.2, 0.25) is 0 Å². The molecule has 0 aliphatic carbocycles. The summed E-state index contributed by atoms with van der Waals surface area (Å²) in [6.45, 7) is 4.98. The van der Waals surface area contributed by atoms with Crippen molar-refractivity contribution in [1.82, 2.24) is 0 Å². The normalized spacial score (nSPS) is 12.9. The van der Waals surface area contributed by atoms with Crippen LogP contribution in [0.2, 0.25) is 0 Å². The number of rotatable bonds is 10. The molecule has 2 atom stereocenters. The molecule has 1 aromatic carbocycles. The van der Waals surface area contributed by atoms with Gasteiger partial charge in [0.05, 0.1) is 19.3 Å². The molecule has 0 bridgehead atoms. The fourth-order valence-electron chi connectivity index (χ4n) is 1.48. The molecule has 1 unspecified atom stereocenters. The van der Waals surface area contributed by atoms with Gasteiger partial charge >= 0.3 is 5.97 Å². The summed E-state index contributed by atoms with van der Waals surface area (Å²) in [5.74, 6) is 0.952. The van der Waals surface area contributed by atoms with Crippen molar-refractivity contribution < 1.29 is 19.7 Å². The van der Waals surface area contributed by atoms with E-state index in [2.05, 4.69) is 0 Å². The molecule has 0 aromatic heterocycles. The zero-order valence-electron chi connectivity index (χ0n) is 14.0. The summed E-state index contributed by atoms with van der Waals surface area (Å²) < 4.78 is 5.32. The molecule has 1 aromatic rings. The second-order valence-electron chi connectivity index (χ2n) is 4.99. The highest BCUT2D eigenvalue weighted by Gasteiger charge is 2.09. The van der Waals surface area contributed by atoms with E-state index >= 15 is 0 Å². The standard InChI is InChI=1S/C11H16O2.C6H13NO2S/c1-2-11(12)9-13-8-10-6-4-3-5-7-10;1-2-10-4-3-5(7)6(8)9/h3-7,11-12H,2,8-9H2,1H3;5H,2-4,7H2,1H3,(H,8,9)/t;5-/m.0/s1. The highest BCUT2D eigenvalue weighted by Crippen LogP contribution is 2.02. The van der Waals surface area contributed by atoms with Gasteiger partial charge in [0, 0.05) is 0 Å². The quantitative estimate of drug-likeness (QED) is 0.565. The fraction of sp³-hybridized carbons (Fsp3) is 0.588. The highest BCUT2D eigenvalue weighted by atomic mass is 32.2. The smallest absolute Gasteiger partial charge is 0.320 e. The number of carboxylic acids is 1. The van der Waals surface area contributed by atoms with E-state index in [9.17, 15) is 9.90 Å². The van der Waals surface area contributed by atoms with E-state index in [0.29, 0.717) is 19.6 Å². The summed E-state index contributed by atoms with van der Waals surface area (Å²) >= 11 is 1.71. The molecule has 0 saturated carbocycles. The zero-order valence-corrected chi connectivity index (χ0v) is 14.8. The number of carboxylic acid groups (broad SMARTS) is 1. The van der Waals surface area contributed by atoms with Crippen molar-refractivity contribution in [2.45, 2.75) is 45.4 Å². The molecular weight excluding hydrogens is 314 g/mol. The Morgan fingerprint density at radius 3 is 2.48 bits per heavy atom. The summed E-state index contributed by atoms with van der Waals surface area (Å²) in [6.07, 6.45) is 0.978. The molecule has 1 rings (SSSR count). The van der Waals surface area contributed by atoms with Gasteiger partial charge in [-0.3, -0.25) is 4.79 Å². The van der Waals surface area contributed by atoms with E-state index < -0.39 is 12.0 Å². The number of ether oxygens (including phenoxy) is 1. The van der Waals surface area contributed by atoms with Crippen molar-refractivity contribution in [2.75, 3.05) is 18.1 Å². The Labute approximate surface area is 143 Å². The summed E-state index contributed by atoms with van der Waals surface area (Å²) in [4.78, 5) is 10.2. The maximum Gasteiger partial charge on any atom is 0.320 e. The molecule has 0 saturated heterocycles. The van der Waals surface area contributed by atoms with Crippen LogP contribution in [0, 0.1) is 0 Å². The Bertz CT molecular complexity index is 403. The van der Waals surface area contributed by atoms with E-state index in [1.54, 1.807) is 11.8 Å². The third-order valence-corrected chi connectivity index (χ3v) is 3.92. The van der Waals surface area contributed by atoms with Crippen LogP contribution >= 0.6 is 11.8 Å². The van der Waals surface area contributed by atoms with Crippen LogP contribution in [0.5, 0.6) is 0 Å². The Morgan fingerprint density at radius 1 is 1.30 bits per heavy atom. The predicted octanol–water partition coefficient (Wildman–Crippen LogP) is 2.52. The number of aliphatic carboxylic acids is 1. The lowest BCUT2D eigenvalue weighted by atomic mass is 10.2. The molecular formula is C17H29NO4S. The second kappa shape index (κ2) is 14.5. The van der Waals surface area contributed by atoms with E-state index in [0.717, 1.165) is 23.5 Å². The first kappa shape index (κ1) is 21.9. The minimum absolute atomic E-state index is 0.330. The Hall–Kier alpha value is -1.08. The van der Waals surface area contributed by atoms with Gasteiger partial charge in [-0.2, -0.15) is 11.8 Å². The molecule has 6 heteroatoms. The monoisotopic (exact) mass is 343 g/mol. The van der Waals surface area contributed by atoms with Gasteiger partial charge in [-0.05, 0) is 29.9 Å². The van der Waals surface area contributed by atoms with Crippen molar-refractivity contribution >= 4 is 17.7 Å². The number of aliphatic hydroxyl groups excluding tert-OH is 1. The molecule has 5 nitrogen and oxygen atoms in total. The zero-order chi connectivity index (χ0) is 17.5. The molecule has 0 fully saturated rings. The number of aliphatic hydroxyl groups is 1. The maximum atomic E-state index is 10.2. The molecule has 0 aliphatic rings. The molecule has 4 N–H and O–H groups in total. The summed E-state index contributed by atoms with van der Waals surface area (Å²) in [5.41, 5.74) is 6.39. The summed E-state index contributed by atoms with van der Waals surface area (Å²) in [6, 6.07) is 9.28. The second-order valence-corrected chi connectivity index (χ2v) is 6.39. The number of hydrogen-bond donors (Lipinski definition) is 3. The van der Waals surface area contributed by atoms with Crippen LogP contribution in [-0.2, 0) is 16.1 Å². The minimum atomic E-state index is -0.906. The third-order valence-electron chi connectivity index (χ3n) is 2.99. The predicted molar refractivity (Wildman–Crippen MR) is 95.6 cm³/mol. The van der Waals surface area contributed by atoms with Crippen molar-refractivity contribution in [3.63, 3.8) is 0 Å². The third kappa shape index (κ3) is 13.1. The molecule has 23 heavy (non-hydrogen) atoms. The average molecular weight is 343 g/mol. The van der Waals surface area contributed by atoms with Gasteiger partial charge in [0.1, 0.15) is 6.04 Å². The number of benzene rings is 1. The average Bonchev–Trinajstić information content (AvgIpc) is 2.56. The van der Waals surface area contributed by atoms with Gasteiger partial charge in [-0.1, -0.05) is 44.2 Å². The van der Waals surface area contributed by atoms with Gasteiger partial charge < -0.3 is 20.7 Å². The molecule has 132 valence electrons. The van der Waals surface area contributed by atoms with Crippen LogP contribution in [0.3, 0.4) is 0 Å². The number of hydrogen-bond acceptors (Lipinski definition) is 5. The summed E-state index contributed by atoms with van der Waals surface area (Å²) in [5, 5.41) is 17.6. The van der Waals surface area contributed by atoms with Crippen molar-refractivity contribution in [1.29, 1.82) is 0 Å². The molecule has 0 spiro atoms. The lowest BCUT2D eigenvalue weighted by molar-refractivity contribution is -0.138. The minimum Gasteiger partial charge on any atom is -0.480 e. The largest absolute Gasteiger partial charge is 0.480 e. The molecule has 0 heterocycles. The fourth-order valence-corrected chi connectivity index (χ4v) is 2.19. The number of thioether (sulfide) groups is 1. The maximum absolute atomic E-state index is 10.2. The van der Waals surface area contributed by atoms with Crippen LogP contribution in [-0.4, -0.2) is 46.4 Å². The molecule has 0 radical (unpaired) electrons. The number of nitrogens with two attached hydrogens (primary N) is 1. The topological polar surface area (TPSA) is 92.8 Å². The van der Waals surface area contributed by atoms with Crippen LogP contribution < -0.4 is 5.73 Å². The Kier molecular flexibility index (Phi) is 13.8. The van der Waals surface area contributed by atoms with Crippen molar-refractivity contribution in [2.24, 2.45) is 5.73 Å². The van der Waals surface area contributed by atoms with Gasteiger partial charge in [0.15, 0.2) is 0 Å². The molecule has 0 amide bonds. The first-order valence-electron chi connectivity index (χ1n) is 7.87. The first-order chi connectivity index (χ1) is 11.0. The van der Waals surface area contributed by atoms with E-state index in [1.807, 2.05) is 44.2 Å². The lowest BCUT2D eigenvalue weighted by Crippen LogP contribution is -2.30. The summed E-state index contributed by atoms with van der Waals surface area (Å²) in [7, 11) is 0. The van der Waals surface area contributed by atoms with Gasteiger partial charge in [-0.15, -0.1) is 0 Å². The van der Waals surface area contributed by atoms with Gasteiger partial charge in [-0.25, -0.2) is 0 Å². The SMILES string of the molecule is CCC(O)COCc1ccccc1.CCSCC[C@H](N)C(=O)O. The van der Waals surface area contributed by atoms with E-state index in [1.165, 1.54) is 0 Å². The highest BCUT2D eigenvalue weighted by molar-refractivity contribution is 7.99. The van der Waals surface area contributed by atoms with Gasteiger partial charge in [0.25, 0.3) is 0 Å².